The molecule has 2 bridgehead atoms. The van der Waals surface area contributed by atoms with E-state index in [-0.39, 0.29) is 21.2 Å². The monoisotopic (exact) mass is 659 g/mol. The molecule has 168 valence electrons. The highest BCUT2D eigenvalue weighted by molar-refractivity contribution is 14.1. The molecule has 0 radical (unpaired) electrons. The van der Waals surface area contributed by atoms with Crippen molar-refractivity contribution in [3.8, 4) is 0 Å². The van der Waals surface area contributed by atoms with Crippen LogP contribution in [0, 0.1) is 29.5 Å². The summed E-state index contributed by atoms with van der Waals surface area (Å²) in [5.74, 6) is 0.238. The molecule has 9 heteroatoms. The third kappa shape index (κ3) is 4.78. The molecule has 0 fully saturated rings. The van der Waals surface area contributed by atoms with Gasteiger partial charge in [-0.25, -0.2) is 9.07 Å². The number of allylic oxidation sites excluding steroid dienone is 5. The lowest BCUT2D eigenvalue weighted by Crippen LogP contribution is -2.19. The van der Waals surface area contributed by atoms with E-state index in [0.717, 1.165) is 35.6 Å². The smallest absolute Gasteiger partial charge is 0.146 e. The van der Waals surface area contributed by atoms with E-state index in [9.17, 15) is 9.50 Å². The average Bonchev–Trinajstić information content (AvgIpc) is 3.27. The summed E-state index contributed by atoms with van der Waals surface area (Å²) < 4.78 is 17.9. The highest BCUT2D eigenvalue weighted by Crippen LogP contribution is 2.44. The Balaban J connectivity index is 1.34. The van der Waals surface area contributed by atoms with Crippen molar-refractivity contribution in [2.24, 2.45) is 5.92 Å². The molecule has 1 aliphatic heterocycles. The van der Waals surface area contributed by atoms with Crippen LogP contribution in [0.15, 0.2) is 47.9 Å². The van der Waals surface area contributed by atoms with Gasteiger partial charge >= 0.3 is 0 Å². The van der Waals surface area contributed by atoms with E-state index in [2.05, 4.69) is 50.6 Å². The molecule has 0 spiro atoms. The van der Waals surface area contributed by atoms with Crippen LogP contribution in [0.5, 0.6) is 0 Å². The molecule has 0 saturated heterocycles. The molecule has 2 aromatic heterocycles. The minimum Gasteiger partial charge on any atom is -0.508 e. The SMILES string of the molecule is Cc1ccn(C2=CC(O)=C(C(=N)/C=C\C(=N)CC[C@H]3Cc4cc(F)c(n4I)C3I)CC2)n1. The van der Waals surface area contributed by atoms with Crippen LogP contribution in [0.2, 0.25) is 0 Å². The van der Waals surface area contributed by atoms with Gasteiger partial charge in [0.25, 0.3) is 0 Å². The summed E-state index contributed by atoms with van der Waals surface area (Å²) in [6.07, 6.45) is 10.2. The number of aryl methyl sites for hydroxylation is 1. The van der Waals surface area contributed by atoms with Gasteiger partial charge in [0.1, 0.15) is 11.6 Å². The quantitative estimate of drug-likeness (QED) is 0.180. The first-order valence-corrected chi connectivity index (χ1v) is 12.7. The van der Waals surface area contributed by atoms with E-state index in [1.54, 1.807) is 29.0 Å². The number of hydrogen-bond acceptors (Lipinski definition) is 4. The lowest BCUT2D eigenvalue weighted by atomic mass is 9.91. The third-order valence-corrected chi connectivity index (χ3v) is 8.72. The lowest BCUT2D eigenvalue weighted by Gasteiger charge is -2.27. The molecule has 6 nitrogen and oxygen atoms in total. The van der Waals surface area contributed by atoms with Crippen LogP contribution in [0.25, 0.3) is 5.70 Å². The van der Waals surface area contributed by atoms with Gasteiger partial charge in [-0.2, -0.15) is 5.10 Å². The van der Waals surface area contributed by atoms with E-state index >= 15 is 0 Å². The molecule has 1 aliphatic carbocycles. The first-order valence-electron chi connectivity index (χ1n) is 10.4. The van der Waals surface area contributed by atoms with E-state index in [1.807, 2.05) is 22.0 Å². The number of halogens is 3. The second-order valence-corrected chi connectivity index (χ2v) is 10.5. The summed E-state index contributed by atoms with van der Waals surface area (Å²) in [6, 6.07) is 3.53. The minimum absolute atomic E-state index is 0.0814. The van der Waals surface area contributed by atoms with Crippen molar-refractivity contribution in [2.75, 3.05) is 0 Å². The van der Waals surface area contributed by atoms with Crippen LogP contribution in [-0.2, 0) is 6.42 Å². The highest BCUT2D eigenvalue weighted by atomic mass is 127. The Morgan fingerprint density at radius 2 is 2.12 bits per heavy atom. The first-order chi connectivity index (χ1) is 15.2. The van der Waals surface area contributed by atoms with Gasteiger partial charge in [0.05, 0.1) is 43.9 Å². The van der Waals surface area contributed by atoms with Gasteiger partial charge in [-0.1, -0.05) is 22.6 Å². The number of aliphatic hydroxyl groups excluding tert-OH is 1. The van der Waals surface area contributed by atoms with Crippen molar-refractivity contribution in [3.63, 3.8) is 0 Å². The van der Waals surface area contributed by atoms with Gasteiger partial charge < -0.3 is 15.9 Å². The van der Waals surface area contributed by atoms with Crippen molar-refractivity contribution in [3.05, 3.63) is 70.8 Å². The Morgan fingerprint density at radius 1 is 1.34 bits per heavy atom. The maximum Gasteiger partial charge on any atom is 0.146 e. The maximum atomic E-state index is 14.1. The van der Waals surface area contributed by atoms with Gasteiger partial charge in [-0.3, -0.25) is 2.78 Å². The maximum absolute atomic E-state index is 14.1. The Morgan fingerprint density at radius 3 is 2.81 bits per heavy atom. The Kier molecular flexibility index (Phi) is 7.03. The topological polar surface area (TPSA) is 90.7 Å². The molecule has 32 heavy (non-hydrogen) atoms. The molecular formula is C23H24FI2N5O. The molecule has 0 aromatic carbocycles. The molecule has 4 rings (SSSR count). The molecule has 2 atom stereocenters. The number of hydrogen-bond donors (Lipinski definition) is 3. The van der Waals surface area contributed by atoms with Crippen LogP contribution in [0.4, 0.5) is 4.39 Å². The van der Waals surface area contributed by atoms with E-state index in [0.29, 0.717) is 36.5 Å². The number of nitrogens with zero attached hydrogens (tertiary/aromatic N) is 3. The summed E-state index contributed by atoms with van der Waals surface area (Å²) >= 11 is 4.46. The lowest BCUT2D eigenvalue weighted by molar-refractivity contribution is 0.423. The fourth-order valence-electron chi connectivity index (χ4n) is 4.18. The van der Waals surface area contributed by atoms with Crippen molar-refractivity contribution in [1.29, 1.82) is 10.8 Å². The van der Waals surface area contributed by atoms with Crippen molar-refractivity contribution >= 4 is 62.6 Å². The number of alkyl halides is 1. The van der Waals surface area contributed by atoms with Crippen LogP contribution in [0.1, 0.15) is 46.7 Å². The second-order valence-electron chi connectivity index (χ2n) is 8.23. The largest absolute Gasteiger partial charge is 0.508 e. The fourth-order valence-corrected chi connectivity index (χ4v) is 6.77. The molecular weight excluding hydrogens is 635 g/mol. The number of aromatic nitrogens is 3. The number of rotatable bonds is 7. The van der Waals surface area contributed by atoms with Gasteiger partial charge in [-0.05, 0) is 69.2 Å². The Bertz CT molecular complexity index is 1170. The predicted octanol–water partition coefficient (Wildman–Crippen LogP) is 6.50. The molecule has 2 aliphatic rings. The number of aliphatic hydroxyl groups is 1. The zero-order chi connectivity index (χ0) is 23.0. The van der Waals surface area contributed by atoms with Gasteiger partial charge in [0.15, 0.2) is 0 Å². The van der Waals surface area contributed by atoms with Crippen molar-refractivity contribution < 1.29 is 9.50 Å². The molecule has 0 amide bonds. The van der Waals surface area contributed by atoms with Gasteiger partial charge in [-0.15, -0.1) is 0 Å². The Labute approximate surface area is 213 Å². The standard InChI is InChI=1S/C23H24FI2N5O/c1-13-8-9-30(29-13)16-5-6-18(21(32)12-16)20(28)7-4-15(27)3-2-14-10-17-11-19(24)23(22(14)25)31(17)26/h4,7-9,11-12,14,22,27-28,32H,2-3,5-6,10H2,1H3/b7-4-,27-15?,28-20?/t14-,22?/m0/s1. The average molecular weight is 659 g/mol. The number of fused-ring (bicyclic) bond motifs is 2. The molecule has 3 N–H and O–H groups in total. The van der Waals surface area contributed by atoms with Crippen LogP contribution in [0.3, 0.4) is 0 Å². The molecule has 3 heterocycles. The minimum atomic E-state index is -0.139. The van der Waals surface area contributed by atoms with Crippen LogP contribution < -0.4 is 0 Å². The zero-order valence-electron chi connectivity index (χ0n) is 17.6. The molecule has 0 saturated carbocycles. The Hall–Kier alpha value is -1.76. The van der Waals surface area contributed by atoms with Crippen LogP contribution >= 0.6 is 45.5 Å². The predicted molar refractivity (Wildman–Crippen MR) is 142 cm³/mol. The third-order valence-electron chi connectivity index (χ3n) is 5.97. The van der Waals surface area contributed by atoms with Crippen molar-refractivity contribution in [2.45, 2.75) is 43.0 Å². The number of nitrogens with one attached hydrogen (secondary N) is 2. The van der Waals surface area contributed by atoms with Crippen LogP contribution in [-0.4, -0.2) is 29.1 Å². The summed E-state index contributed by atoms with van der Waals surface area (Å²) in [6.45, 7) is 1.92. The summed E-state index contributed by atoms with van der Waals surface area (Å²) in [4.78, 5) is 0. The molecule has 2 aromatic rings. The second kappa shape index (κ2) is 9.62. The normalized spacial score (nSPS) is 20.7. The first kappa shape index (κ1) is 23.4. The summed E-state index contributed by atoms with van der Waals surface area (Å²) in [7, 11) is 0. The van der Waals surface area contributed by atoms with E-state index in [4.69, 9.17) is 10.8 Å². The van der Waals surface area contributed by atoms with Gasteiger partial charge in [0, 0.05) is 34.9 Å². The highest BCUT2D eigenvalue weighted by Gasteiger charge is 2.33. The van der Waals surface area contributed by atoms with Crippen molar-refractivity contribution in [1.82, 2.24) is 12.6 Å². The fraction of sp³-hybridized carbons (Fsp3) is 0.348. The van der Waals surface area contributed by atoms with Gasteiger partial charge in [0.2, 0.25) is 0 Å². The van der Waals surface area contributed by atoms with E-state index < -0.39 is 0 Å². The zero-order valence-corrected chi connectivity index (χ0v) is 21.9. The molecule has 1 unspecified atom stereocenters. The summed E-state index contributed by atoms with van der Waals surface area (Å²) in [5.41, 5.74) is 4.77. The summed E-state index contributed by atoms with van der Waals surface area (Å²) in [5, 5.41) is 31.4. The van der Waals surface area contributed by atoms with E-state index in [1.165, 1.54) is 0 Å².